The summed E-state index contributed by atoms with van der Waals surface area (Å²) < 4.78 is 14.2. The molecule has 0 N–H and O–H groups in total. The van der Waals surface area contributed by atoms with Crippen molar-refractivity contribution in [1.29, 1.82) is 0 Å². The van der Waals surface area contributed by atoms with Crippen molar-refractivity contribution in [3.05, 3.63) is 34.1 Å². The third-order valence-corrected chi connectivity index (χ3v) is 4.21. The van der Waals surface area contributed by atoms with E-state index in [0.29, 0.717) is 4.47 Å². The van der Waals surface area contributed by atoms with E-state index in [-0.39, 0.29) is 17.5 Å². The molecule has 0 spiro atoms. The molecule has 0 aliphatic heterocycles. The van der Waals surface area contributed by atoms with Crippen molar-refractivity contribution in [2.24, 2.45) is 0 Å². The van der Waals surface area contributed by atoms with E-state index in [0.717, 1.165) is 12.2 Å². The minimum atomic E-state index is -0.492. The quantitative estimate of drug-likeness (QED) is 0.816. The highest BCUT2D eigenvalue weighted by atomic mass is 79.9. The summed E-state index contributed by atoms with van der Waals surface area (Å²) in [4.78, 5) is 13.9. The Morgan fingerprint density at radius 2 is 2.22 bits per heavy atom. The van der Waals surface area contributed by atoms with Gasteiger partial charge in [-0.2, -0.15) is 11.8 Å². The molecule has 18 heavy (non-hydrogen) atoms. The Morgan fingerprint density at radius 1 is 1.56 bits per heavy atom. The highest BCUT2D eigenvalue weighted by Gasteiger charge is 2.22. The Hall–Kier alpha value is -0.550. The molecule has 1 aromatic carbocycles. The molecule has 1 atom stereocenters. The van der Waals surface area contributed by atoms with Crippen LogP contribution < -0.4 is 0 Å². The van der Waals surface area contributed by atoms with E-state index in [1.54, 1.807) is 35.8 Å². The summed E-state index contributed by atoms with van der Waals surface area (Å²) in [6, 6.07) is 4.91. The largest absolute Gasteiger partial charge is 0.338 e. The number of hydrogen-bond donors (Lipinski definition) is 0. The zero-order valence-electron chi connectivity index (χ0n) is 10.7. The zero-order valence-corrected chi connectivity index (χ0v) is 13.1. The summed E-state index contributed by atoms with van der Waals surface area (Å²) in [7, 11) is 1.73. The highest BCUT2D eigenvalue weighted by Crippen LogP contribution is 2.21. The van der Waals surface area contributed by atoms with Crippen molar-refractivity contribution in [2.75, 3.05) is 19.1 Å². The molecular formula is C13H17BrFNOS. The van der Waals surface area contributed by atoms with Gasteiger partial charge in [0, 0.05) is 18.8 Å². The summed E-state index contributed by atoms with van der Waals surface area (Å²) >= 11 is 4.78. The minimum Gasteiger partial charge on any atom is -0.338 e. The number of thioether (sulfide) groups is 1. The van der Waals surface area contributed by atoms with Crippen LogP contribution in [0.3, 0.4) is 0 Å². The van der Waals surface area contributed by atoms with Crippen molar-refractivity contribution in [2.45, 2.75) is 19.4 Å². The van der Waals surface area contributed by atoms with Gasteiger partial charge < -0.3 is 4.90 Å². The molecule has 0 fully saturated rings. The van der Waals surface area contributed by atoms with Crippen molar-refractivity contribution in [1.82, 2.24) is 4.90 Å². The number of carbonyl (C=O) groups is 1. The third-order valence-electron chi connectivity index (χ3n) is 2.88. The van der Waals surface area contributed by atoms with Gasteiger partial charge in [-0.1, -0.05) is 13.0 Å². The van der Waals surface area contributed by atoms with Crippen LogP contribution in [0.25, 0.3) is 0 Å². The van der Waals surface area contributed by atoms with E-state index in [2.05, 4.69) is 15.9 Å². The second kappa shape index (κ2) is 7.14. The summed E-state index contributed by atoms with van der Waals surface area (Å²) in [6.45, 7) is 2.03. The Labute approximate surface area is 120 Å². The molecule has 1 unspecified atom stereocenters. The van der Waals surface area contributed by atoms with E-state index in [9.17, 15) is 9.18 Å². The SMILES string of the molecule is CCC(CSC)N(C)C(=O)c1cccc(Br)c1F. The van der Waals surface area contributed by atoms with Gasteiger partial charge in [0.05, 0.1) is 10.0 Å². The van der Waals surface area contributed by atoms with Gasteiger partial charge in [0.2, 0.25) is 0 Å². The number of hydrogen-bond acceptors (Lipinski definition) is 2. The predicted octanol–water partition coefficient (Wildman–Crippen LogP) is 3.80. The van der Waals surface area contributed by atoms with Gasteiger partial charge >= 0.3 is 0 Å². The van der Waals surface area contributed by atoms with E-state index in [1.165, 1.54) is 6.07 Å². The predicted molar refractivity (Wildman–Crippen MR) is 78.7 cm³/mol. The molecule has 0 aromatic heterocycles. The molecule has 0 bridgehead atoms. The fraction of sp³-hybridized carbons (Fsp3) is 0.462. The summed E-state index contributed by atoms with van der Waals surface area (Å²) in [5.41, 5.74) is 0.117. The first-order valence-corrected chi connectivity index (χ1v) is 7.91. The number of halogens is 2. The van der Waals surface area contributed by atoms with Gasteiger partial charge in [-0.3, -0.25) is 4.79 Å². The molecule has 1 rings (SSSR count). The standard InChI is InChI=1S/C13H17BrFNOS/c1-4-9(8-18-3)16(2)13(17)10-6-5-7-11(14)12(10)15/h5-7,9H,4,8H2,1-3H3. The number of rotatable bonds is 5. The van der Waals surface area contributed by atoms with Crippen LogP contribution in [0.4, 0.5) is 4.39 Å². The number of nitrogens with zero attached hydrogens (tertiary/aromatic N) is 1. The first kappa shape index (κ1) is 15.5. The van der Waals surface area contributed by atoms with Crippen LogP contribution in [0.2, 0.25) is 0 Å². The molecular weight excluding hydrogens is 317 g/mol. The monoisotopic (exact) mass is 333 g/mol. The van der Waals surface area contributed by atoms with Gasteiger partial charge in [0.1, 0.15) is 5.82 Å². The lowest BCUT2D eigenvalue weighted by molar-refractivity contribution is 0.0738. The van der Waals surface area contributed by atoms with Crippen molar-refractivity contribution >= 4 is 33.6 Å². The van der Waals surface area contributed by atoms with E-state index >= 15 is 0 Å². The summed E-state index contributed by atoms with van der Waals surface area (Å²) in [5.74, 6) is 0.0945. The van der Waals surface area contributed by atoms with E-state index in [4.69, 9.17) is 0 Å². The van der Waals surface area contributed by atoms with Crippen LogP contribution in [0.1, 0.15) is 23.7 Å². The Bertz CT molecular complexity index is 427. The molecule has 0 aliphatic carbocycles. The van der Waals surface area contributed by atoms with E-state index in [1.807, 2.05) is 13.2 Å². The lowest BCUT2D eigenvalue weighted by Gasteiger charge is -2.27. The molecule has 5 heteroatoms. The maximum Gasteiger partial charge on any atom is 0.256 e. The highest BCUT2D eigenvalue weighted by molar-refractivity contribution is 9.10. The molecule has 2 nitrogen and oxygen atoms in total. The van der Waals surface area contributed by atoms with Crippen LogP contribution in [0, 0.1) is 5.82 Å². The normalized spacial score (nSPS) is 12.3. The number of amides is 1. The van der Waals surface area contributed by atoms with Crippen molar-refractivity contribution < 1.29 is 9.18 Å². The average molecular weight is 334 g/mol. The fourth-order valence-electron chi connectivity index (χ4n) is 1.72. The van der Waals surface area contributed by atoms with Crippen LogP contribution in [-0.4, -0.2) is 35.9 Å². The minimum absolute atomic E-state index is 0.117. The topological polar surface area (TPSA) is 20.3 Å². The Balaban J connectivity index is 2.95. The molecule has 0 saturated carbocycles. The van der Waals surface area contributed by atoms with Gasteiger partial charge in [0.25, 0.3) is 5.91 Å². The summed E-state index contributed by atoms with van der Waals surface area (Å²) in [6.07, 6.45) is 2.86. The number of carbonyl (C=O) groups excluding carboxylic acids is 1. The molecule has 100 valence electrons. The van der Waals surface area contributed by atoms with Crippen LogP contribution >= 0.6 is 27.7 Å². The van der Waals surface area contributed by atoms with Gasteiger partial charge in [-0.15, -0.1) is 0 Å². The van der Waals surface area contributed by atoms with Gasteiger partial charge in [0.15, 0.2) is 0 Å². The van der Waals surface area contributed by atoms with Crippen LogP contribution in [0.5, 0.6) is 0 Å². The van der Waals surface area contributed by atoms with Crippen molar-refractivity contribution in [3.63, 3.8) is 0 Å². The third kappa shape index (κ3) is 3.48. The first-order valence-electron chi connectivity index (χ1n) is 5.73. The fourth-order valence-corrected chi connectivity index (χ4v) is 2.93. The lowest BCUT2D eigenvalue weighted by atomic mass is 10.1. The molecule has 0 aliphatic rings. The second-order valence-electron chi connectivity index (χ2n) is 4.03. The Morgan fingerprint density at radius 3 is 2.78 bits per heavy atom. The maximum absolute atomic E-state index is 13.9. The summed E-state index contributed by atoms with van der Waals surface area (Å²) in [5, 5.41) is 0. The van der Waals surface area contributed by atoms with Crippen LogP contribution in [-0.2, 0) is 0 Å². The lowest BCUT2D eigenvalue weighted by Crippen LogP contribution is -2.38. The second-order valence-corrected chi connectivity index (χ2v) is 5.80. The van der Waals surface area contributed by atoms with Gasteiger partial charge in [-0.05, 0) is 40.7 Å². The van der Waals surface area contributed by atoms with Crippen molar-refractivity contribution in [3.8, 4) is 0 Å². The molecule has 0 radical (unpaired) electrons. The van der Waals surface area contributed by atoms with Gasteiger partial charge in [-0.25, -0.2) is 4.39 Å². The first-order chi connectivity index (χ1) is 8.52. The molecule has 1 aromatic rings. The number of benzene rings is 1. The average Bonchev–Trinajstić information content (AvgIpc) is 2.37. The smallest absolute Gasteiger partial charge is 0.256 e. The van der Waals surface area contributed by atoms with E-state index < -0.39 is 5.82 Å². The maximum atomic E-state index is 13.9. The Kier molecular flexibility index (Phi) is 6.15. The molecule has 1 amide bonds. The molecule has 0 heterocycles. The zero-order chi connectivity index (χ0) is 13.7. The molecule has 0 saturated heterocycles. The van der Waals surface area contributed by atoms with Crippen LogP contribution in [0.15, 0.2) is 22.7 Å².